The van der Waals surface area contributed by atoms with E-state index in [9.17, 15) is 4.79 Å². The quantitative estimate of drug-likeness (QED) is 0.513. The summed E-state index contributed by atoms with van der Waals surface area (Å²) in [5.41, 5.74) is 0. The first-order valence-electron chi connectivity index (χ1n) is 2.02. The van der Waals surface area contributed by atoms with E-state index in [-0.39, 0.29) is 0 Å². The van der Waals surface area contributed by atoms with Crippen LogP contribution in [0.25, 0.3) is 0 Å². The van der Waals surface area contributed by atoms with Gasteiger partial charge in [-0.15, -0.1) is 0 Å². The van der Waals surface area contributed by atoms with Crippen molar-refractivity contribution in [3.63, 3.8) is 0 Å². The second-order valence-electron chi connectivity index (χ2n) is 1.42. The molecule has 0 rings (SSSR count). The average Bonchev–Trinajstić information content (AvgIpc) is 1.65. The summed E-state index contributed by atoms with van der Waals surface area (Å²) in [7, 11) is 0. The van der Waals surface area contributed by atoms with Gasteiger partial charge in [0.2, 0.25) is 0 Å². The molecule has 2 N–H and O–H groups in total. The topological polar surface area (TPSA) is 57.5 Å². The van der Waals surface area contributed by atoms with Crippen LogP contribution in [0.15, 0.2) is 0 Å². The Morgan fingerprint density at radius 2 is 2.29 bits per heavy atom. The Morgan fingerprint density at radius 3 is 2.29 bits per heavy atom. The molecule has 1 atom stereocenters. The molecule has 0 aromatic carbocycles. The molecule has 3 nitrogen and oxygen atoms in total. The van der Waals surface area contributed by atoms with Crippen LogP contribution in [0.4, 0.5) is 0 Å². The first-order valence-corrected chi connectivity index (χ1v) is 5.06. The van der Waals surface area contributed by atoms with Crippen molar-refractivity contribution in [1.82, 2.24) is 0 Å². The van der Waals surface area contributed by atoms with E-state index < -0.39 is 26.5 Å². The van der Waals surface area contributed by atoms with E-state index in [0.717, 1.165) is 0 Å². The van der Waals surface area contributed by atoms with Crippen molar-refractivity contribution in [2.75, 3.05) is 0 Å². The Bertz CT molecular complexity index is 72.6. The Morgan fingerprint density at radius 1 is 1.86 bits per heavy atom. The Labute approximate surface area is 48.2 Å². The molecule has 4 heteroatoms. The van der Waals surface area contributed by atoms with Crippen LogP contribution < -0.4 is 0 Å². The van der Waals surface area contributed by atoms with E-state index in [4.69, 9.17) is 9.24 Å². The van der Waals surface area contributed by atoms with Gasteiger partial charge in [-0.3, -0.25) is 0 Å². The number of aliphatic carboxylic acids is 1. The molecule has 0 aliphatic rings. The van der Waals surface area contributed by atoms with Crippen LogP contribution >= 0.6 is 0 Å². The van der Waals surface area contributed by atoms with Crippen molar-refractivity contribution in [2.24, 2.45) is 0 Å². The maximum absolute atomic E-state index is 9.82. The third-order valence-electron chi connectivity index (χ3n) is 0.695. The van der Waals surface area contributed by atoms with E-state index in [0.29, 0.717) is 0 Å². The Kier molecular flexibility index (Phi) is 3.03. The zero-order chi connectivity index (χ0) is 5.86. The predicted molar refractivity (Wildman–Crippen MR) is 27.8 cm³/mol. The van der Waals surface area contributed by atoms with Crippen molar-refractivity contribution >= 4 is 21.7 Å². The van der Waals surface area contributed by atoms with Gasteiger partial charge in [0.15, 0.2) is 0 Å². The van der Waals surface area contributed by atoms with Gasteiger partial charge in [-0.25, -0.2) is 0 Å². The summed E-state index contributed by atoms with van der Waals surface area (Å²) in [5, 5.41) is 8.07. The van der Waals surface area contributed by atoms with Crippen LogP contribution in [0, 0.1) is 0 Å². The first-order chi connectivity index (χ1) is 3.18. The molecule has 0 radical (unpaired) electrons. The van der Waals surface area contributed by atoms with Gasteiger partial charge in [0, 0.05) is 0 Å². The van der Waals surface area contributed by atoms with Gasteiger partial charge in [-0.05, 0) is 0 Å². The van der Waals surface area contributed by atoms with Crippen molar-refractivity contribution in [3.8, 4) is 0 Å². The van der Waals surface area contributed by atoms with Gasteiger partial charge < -0.3 is 0 Å². The second-order valence-corrected chi connectivity index (χ2v) is 4.76. The number of carboxylic acid groups (broad SMARTS) is 1. The van der Waals surface area contributed by atoms with Gasteiger partial charge in [0.25, 0.3) is 0 Å². The van der Waals surface area contributed by atoms with Crippen LogP contribution in [-0.2, 0) is 4.79 Å². The van der Waals surface area contributed by atoms with E-state index in [2.05, 4.69) is 0 Å². The molecule has 0 aromatic heterocycles. The summed E-state index contributed by atoms with van der Waals surface area (Å²) in [6, 6.07) is 0. The molecule has 0 aliphatic carbocycles. The SMILES string of the molecule is C[C@H]([GeH2][OH])C(=O)O. The number of carbonyl (C=O) groups is 1. The standard InChI is InChI=1S/C3H8GeO3/c1-2(4-7)3(5)6/h2,7H,4H2,1H3,(H,5,6)/t2-/m0/s1. The van der Waals surface area contributed by atoms with Gasteiger partial charge in [0.05, 0.1) is 0 Å². The van der Waals surface area contributed by atoms with Gasteiger partial charge in [-0.1, -0.05) is 0 Å². The molecule has 42 valence electrons. The fourth-order valence-electron chi connectivity index (χ4n) is 0.0781. The number of hydrogen-bond acceptors (Lipinski definition) is 2. The molecule has 0 saturated carbocycles. The molecule has 0 heterocycles. The number of carboxylic acids is 1. The van der Waals surface area contributed by atoms with Crippen molar-refractivity contribution in [1.29, 1.82) is 0 Å². The summed E-state index contributed by atoms with van der Waals surface area (Å²) in [6.45, 7) is 1.53. The van der Waals surface area contributed by atoms with Gasteiger partial charge >= 0.3 is 47.4 Å². The van der Waals surface area contributed by atoms with Crippen LogP contribution in [0.2, 0.25) is 4.75 Å². The van der Waals surface area contributed by atoms with E-state index in [1.54, 1.807) is 0 Å². The Hall–Kier alpha value is -0.0271. The van der Waals surface area contributed by atoms with Crippen molar-refractivity contribution < 1.29 is 14.0 Å². The van der Waals surface area contributed by atoms with Gasteiger partial charge in [0.1, 0.15) is 0 Å². The van der Waals surface area contributed by atoms with E-state index in [1.807, 2.05) is 0 Å². The third-order valence-corrected chi connectivity index (χ3v) is 2.58. The van der Waals surface area contributed by atoms with Crippen LogP contribution in [-0.4, -0.2) is 31.0 Å². The summed E-state index contributed by atoms with van der Waals surface area (Å²) in [6.07, 6.45) is 0. The Balaban J connectivity index is 3.34. The first kappa shape index (κ1) is 6.97. The minimum atomic E-state index is -1.67. The van der Waals surface area contributed by atoms with Crippen LogP contribution in [0.3, 0.4) is 0 Å². The van der Waals surface area contributed by atoms with E-state index in [1.165, 1.54) is 6.92 Å². The molecule has 0 amide bonds. The maximum atomic E-state index is 9.82. The number of hydrogen-bond donors (Lipinski definition) is 2. The summed E-state index contributed by atoms with van der Waals surface area (Å²) >= 11 is -1.67. The monoisotopic (exact) mass is 166 g/mol. The molecule has 0 aromatic rings. The molecule has 0 unspecified atom stereocenters. The third kappa shape index (κ3) is 2.64. The molecule has 7 heavy (non-hydrogen) atoms. The molecule has 0 fully saturated rings. The molecule has 0 bridgehead atoms. The molecule has 0 aliphatic heterocycles. The molecular weight excluding hydrogens is 157 g/mol. The number of rotatable bonds is 2. The van der Waals surface area contributed by atoms with Crippen molar-refractivity contribution in [2.45, 2.75) is 11.7 Å². The summed E-state index contributed by atoms with van der Waals surface area (Å²) in [4.78, 5) is 9.82. The zero-order valence-electron chi connectivity index (χ0n) is 4.09. The fourth-order valence-corrected chi connectivity index (χ4v) is 0.406. The van der Waals surface area contributed by atoms with Crippen molar-refractivity contribution in [3.05, 3.63) is 0 Å². The fraction of sp³-hybridized carbons (Fsp3) is 0.667. The normalized spacial score (nSPS) is 15.1. The second kappa shape index (κ2) is 3.04. The molecule has 0 spiro atoms. The zero-order valence-corrected chi connectivity index (χ0v) is 7.05. The minimum absolute atomic E-state index is 0.438. The average molecular weight is 165 g/mol. The molecule has 0 saturated heterocycles. The molecular formula is C3H8GeO3. The van der Waals surface area contributed by atoms with Crippen LogP contribution in [0.1, 0.15) is 6.92 Å². The summed E-state index contributed by atoms with van der Waals surface area (Å²) < 4.78 is 7.87. The summed E-state index contributed by atoms with van der Waals surface area (Å²) in [5.74, 6) is -0.873. The van der Waals surface area contributed by atoms with E-state index >= 15 is 0 Å². The van der Waals surface area contributed by atoms with Crippen LogP contribution in [0.5, 0.6) is 0 Å². The predicted octanol–water partition coefficient (Wildman–Crippen LogP) is -1.04. The van der Waals surface area contributed by atoms with Gasteiger partial charge in [-0.2, -0.15) is 0 Å².